The molecule has 5 rings (SSSR count). The average Bonchev–Trinajstić information content (AvgIpc) is 3.32. The number of fused-ring (bicyclic) bond motifs is 1. The molecular weight excluding hydrogens is 558 g/mol. The summed E-state index contributed by atoms with van der Waals surface area (Å²) < 4.78 is 6.99. The van der Waals surface area contributed by atoms with E-state index in [1.54, 1.807) is 7.05 Å². The molecule has 2 aromatic carbocycles. The van der Waals surface area contributed by atoms with Gasteiger partial charge in [-0.15, -0.1) is 11.3 Å². The number of pyridine rings is 1. The van der Waals surface area contributed by atoms with Gasteiger partial charge in [-0.2, -0.15) is 0 Å². The van der Waals surface area contributed by atoms with Crippen molar-refractivity contribution in [1.82, 2.24) is 14.8 Å². The number of carboxylic acid groups (broad SMARTS) is 1. The summed E-state index contributed by atoms with van der Waals surface area (Å²) in [6, 6.07) is 17.7. The van der Waals surface area contributed by atoms with Gasteiger partial charge in [-0.3, -0.25) is 9.78 Å². The highest BCUT2D eigenvalue weighted by atomic mass is 35.5. The van der Waals surface area contributed by atoms with Gasteiger partial charge >= 0.3 is 6.09 Å². The predicted molar refractivity (Wildman–Crippen MR) is 164 cm³/mol. The molecule has 214 valence electrons. The second-order valence-electron chi connectivity index (χ2n) is 10.5. The fourth-order valence-electron chi connectivity index (χ4n) is 5.56. The van der Waals surface area contributed by atoms with E-state index in [0.29, 0.717) is 48.7 Å². The van der Waals surface area contributed by atoms with Crippen molar-refractivity contribution < 1.29 is 19.4 Å². The van der Waals surface area contributed by atoms with Gasteiger partial charge in [-0.05, 0) is 69.4 Å². The number of hydrogen-bond acceptors (Lipinski definition) is 5. The van der Waals surface area contributed by atoms with E-state index >= 15 is 0 Å². The van der Waals surface area contributed by atoms with Gasteiger partial charge in [0.2, 0.25) is 0 Å². The standard InChI is InChI=1S/C32H34ClN3O4S/c1-4-40-27-16-11-21(22-10-9-20(2)34-18-22)17-23(27)19-36(25-14-12-24(13-15-25)35(3)32(38)39)31(37)30-29(33)26-7-5-6-8-28(26)41-30/h5-11,16-18,24-25H,4,12-15,19H2,1-3H3,(H,38,39). The fourth-order valence-corrected chi connectivity index (χ4v) is 7.03. The Bertz CT molecular complexity index is 1550. The largest absolute Gasteiger partial charge is 0.494 e. The highest BCUT2D eigenvalue weighted by Gasteiger charge is 2.34. The molecule has 0 aliphatic heterocycles. The number of carbonyl (C=O) groups is 2. The van der Waals surface area contributed by atoms with E-state index in [1.165, 1.54) is 16.2 Å². The number of ether oxygens (including phenoxy) is 1. The lowest BCUT2D eigenvalue weighted by molar-refractivity contribution is 0.0554. The van der Waals surface area contributed by atoms with Crippen LogP contribution in [0.3, 0.4) is 0 Å². The molecule has 1 aliphatic carbocycles. The number of rotatable bonds is 8. The molecule has 0 bridgehead atoms. The van der Waals surface area contributed by atoms with Gasteiger partial charge in [0.05, 0.1) is 11.6 Å². The van der Waals surface area contributed by atoms with Crippen LogP contribution in [-0.2, 0) is 6.54 Å². The third-order valence-corrected chi connectivity index (χ3v) is 9.56. The number of aryl methyl sites for hydroxylation is 1. The summed E-state index contributed by atoms with van der Waals surface area (Å²) in [6.45, 7) is 4.75. The van der Waals surface area contributed by atoms with Crippen LogP contribution in [0.5, 0.6) is 5.75 Å². The Morgan fingerprint density at radius 2 is 1.76 bits per heavy atom. The zero-order chi connectivity index (χ0) is 29.1. The highest BCUT2D eigenvalue weighted by molar-refractivity contribution is 7.21. The first kappa shape index (κ1) is 28.9. The van der Waals surface area contributed by atoms with Gasteiger partial charge in [-0.25, -0.2) is 4.79 Å². The minimum absolute atomic E-state index is 0.0648. The summed E-state index contributed by atoms with van der Waals surface area (Å²) in [4.78, 5) is 34.2. The first-order valence-electron chi connectivity index (χ1n) is 13.9. The maximum Gasteiger partial charge on any atom is 0.407 e. The molecule has 0 radical (unpaired) electrons. The van der Waals surface area contributed by atoms with Crippen molar-refractivity contribution in [3.05, 3.63) is 82.0 Å². The molecule has 1 aliphatic rings. The Labute approximate surface area is 249 Å². The third kappa shape index (κ3) is 6.19. The van der Waals surface area contributed by atoms with Crippen LogP contribution in [0.4, 0.5) is 4.79 Å². The monoisotopic (exact) mass is 591 g/mol. The fraction of sp³-hybridized carbons (Fsp3) is 0.344. The summed E-state index contributed by atoms with van der Waals surface area (Å²) in [6.07, 6.45) is 3.69. The van der Waals surface area contributed by atoms with Gasteiger partial charge < -0.3 is 19.6 Å². The summed E-state index contributed by atoms with van der Waals surface area (Å²) in [7, 11) is 1.62. The van der Waals surface area contributed by atoms with Gasteiger partial charge in [0.25, 0.3) is 5.91 Å². The molecule has 0 saturated heterocycles. The topological polar surface area (TPSA) is 83.0 Å². The SMILES string of the molecule is CCOc1ccc(-c2ccc(C)nc2)cc1CN(C(=O)c1sc2ccccc2c1Cl)C1CCC(N(C)C(=O)O)CC1. The van der Waals surface area contributed by atoms with Crippen molar-refractivity contribution in [1.29, 1.82) is 0 Å². The van der Waals surface area contributed by atoms with E-state index in [4.69, 9.17) is 16.3 Å². The molecule has 41 heavy (non-hydrogen) atoms. The lowest BCUT2D eigenvalue weighted by Gasteiger charge is -2.39. The minimum Gasteiger partial charge on any atom is -0.494 e. The number of carbonyl (C=O) groups excluding carboxylic acids is 1. The van der Waals surface area contributed by atoms with E-state index in [0.717, 1.165) is 38.2 Å². The molecule has 9 heteroatoms. The summed E-state index contributed by atoms with van der Waals surface area (Å²) in [5, 5.41) is 10.8. The van der Waals surface area contributed by atoms with Crippen molar-refractivity contribution in [2.75, 3.05) is 13.7 Å². The molecular formula is C32H34ClN3O4S. The average molecular weight is 592 g/mol. The number of amides is 2. The number of thiophene rings is 1. The first-order valence-corrected chi connectivity index (χ1v) is 15.1. The Morgan fingerprint density at radius 1 is 1.05 bits per heavy atom. The second kappa shape index (κ2) is 12.5. The quantitative estimate of drug-likeness (QED) is 0.225. The molecule has 7 nitrogen and oxygen atoms in total. The number of aromatic nitrogens is 1. The zero-order valence-corrected chi connectivity index (χ0v) is 25.0. The maximum absolute atomic E-state index is 14.3. The molecule has 1 saturated carbocycles. The van der Waals surface area contributed by atoms with Gasteiger partial charge in [0, 0.05) is 58.8 Å². The highest BCUT2D eigenvalue weighted by Crippen LogP contribution is 2.38. The van der Waals surface area contributed by atoms with Gasteiger partial charge in [-0.1, -0.05) is 41.9 Å². The van der Waals surface area contributed by atoms with Crippen molar-refractivity contribution >= 4 is 45.0 Å². The lowest BCUT2D eigenvalue weighted by Crippen LogP contribution is -2.46. The summed E-state index contributed by atoms with van der Waals surface area (Å²) in [5.74, 6) is 0.618. The minimum atomic E-state index is -0.929. The van der Waals surface area contributed by atoms with Crippen LogP contribution in [0.1, 0.15) is 53.5 Å². The molecule has 0 atom stereocenters. The summed E-state index contributed by atoms with van der Waals surface area (Å²) >= 11 is 8.21. The van der Waals surface area contributed by atoms with E-state index in [9.17, 15) is 14.7 Å². The van der Waals surface area contributed by atoms with E-state index in [-0.39, 0.29) is 18.0 Å². The van der Waals surface area contributed by atoms with Crippen LogP contribution in [0, 0.1) is 6.92 Å². The van der Waals surface area contributed by atoms with Crippen LogP contribution in [0.2, 0.25) is 5.02 Å². The number of hydrogen-bond donors (Lipinski definition) is 1. The van der Waals surface area contributed by atoms with Crippen LogP contribution in [0.25, 0.3) is 21.2 Å². The maximum atomic E-state index is 14.3. The number of benzene rings is 2. The molecule has 2 heterocycles. The molecule has 0 unspecified atom stereocenters. The lowest BCUT2D eigenvalue weighted by atomic mass is 9.89. The van der Waals surface area contributed by atoms with Gasteiger partial charge in [0.15, 0.2) is 0 Å². The Kier molecular flexibility index (Phi) is 8.80. The van der Waals surface area contributed by atoms with Crippen LogP contribution < -0.4 is 4.74 Å². The third-order valence-electron chi connectivity index (χ3n) is 7.89. The predicted octanol–water partition coefficient (Wildman–Crippen LogP) is 7.89. The van der Waals surface area contributed by atoms with Crippen LogP contribution in [0.15, 0.2) is 60.8 Å². The number of nitrogens with zero attached hydrogens (tertiary/aromatic N) is 3. The Balaban J connectivity index is 1.52. The Hall–Kier alpha value is -3.62. The van der Waals surface area contributed by atoms with Crippen LogP contribution in [-0.4, -0.2) is 57.6 Å². The molecule has 0 spiro atoms. The molecule has 4 aromatic rings. The van der Waals surface area contributed by atoms with E-state index in [2.05, 4.69) is 11.1 Å². The van der Waals surface area contributed by atoms with E-state index < -0.39 is 6.09 Å². The summed E-state index contributed by atoms with van der Waals surface area (Å²) in [5.41, 5.74) is 3.83. The van der Waals surface area contributed by atoms with E-state index in [1.807, 2.05) is 73.5 Å². The second-order valence-corrected chi connectivity index (χ2v) is 11.9. The van der Waals surface area contributed by atoms with Crippen molar-refractivity contribution in [3.8, 4) is 16.9 Å². The molecule has 2 amide bonds. The first-order chi connectivity index (χ1) is 19.8. The number of halogens is 1. The smallest absolute Gasteiger partial charge is 0.407 e. The molecule has 2 aromatic heterocycles. The molecule has 1 N–H and O–H groups in total. The molecule has 1 fully saturated rings. The van der Waals surface area contributed by atoms with Crippen molar-refractivity contribution in [2.45, 2.75) is 58.2 Å². The Morgan fingerprint density at radius 3 is 2.41 bits per heavy atom. The van der Waals surface area contributed by atoms with Crippen LogP contribution >= 0.6 is 22.9 Å². The van der Waals surface area contributed by atoms with Crippen molar-refractivity contribution in [2.24, 2.45) is 0 Å². The normalized spacial score (nSPS) is 16.9. The van der Waals surface area contributed by atoms with Crippen molar-refractivity contribution in [3.63, 3.8) is 0 Å². The van der Waals surface area contributed by atoms with Gasteiger partial charge in [0.1, 0.15) is 10.6 Å². The zero-order valence-electron chi connectivity index (χ0n) is 23.5.